The van der Waals surface area contributed by atoms with E-state index in [9.17, 15) is 9.59 Å². The number of hydrogen-bond acceptors (Lipinski definition) is 7. The molecular formula is C21H27N5O3S. The summed E-state index contributed by atoms with van der Waals surface area (Å²) in [6.45, 7) is 7.06. The molecule has 160 valence electrons. The molecule has 0 radical (unpaired) electrons. The molecular weight excluding hydrogens is 402 g/mol. The van der Waals surface area contributed by atoms with Crippen molar-refractivity contribution in [1.82, 2.24) is 24.0 Å². The molecule has 0 aliphatic heterocycles. The molecule has 2 heterocycles. The second-order valence-electron chi connectivity index (χ2n) is 6.86. The highest BCUT2D eigenvalue weighted by Gasteiger charge is 2.18. The molecule has 8 nitrogen and oxygen atoms in total. The fraction of sp³-hybridized carbons (Fsp3) is 0.429. The number of methoxy groups -OCH3 is 1. The van der Waals surface area contributed by atoms with Gasteiger partial charge >= 0.3 is 5.69 Å². The number of nitrogens with zero attached hydrogens (tertiary/aromatic N) is 5. The molecule has 0 N–H and O–H groups in total. The molecule has 2 aromatic heterocycles. The molecule has 0 aliphatic carbocycles. The Bertz CT molecular complexity index is 1170. The fourth-order valence-corrected chi connectivity index (χ4v) is 4.25. The van der Waals surface area contributed by atoms with Crippen LogP contribution < -0.4 is 16.0 Å². The van der Waals surface area contributed by atoms with Crippen molar-refractivity contribution >= 4 is 22.8 Å². The minimum atomic E-state index is -0.415. The third-order valence-corrected chi connectivity index (χ3v) is 6.09. The van der Waals surface area contributed by atoms with Crippen molar-refractivity contribution in [1.29, 1.82) is 0 Å². The predicted octanol–water partition coefficient (Wildman–Crippen LogP) is 2.14. The molecule has 0 aliphatic rings. The quantitative estimate of drug-likeness (QED) is 0.401. The summed E-state index contributed by atoms with van der Waals surface area (Å²) in [6, 6.07) is 7.42. The second kappa shape index (κ2) is 9.44. The van der Waals surface area contributed by atoms with E-state index in [0.29, 0.717) is 27.6 Å². The third kappa shape index (κ3) is 4.27. The summed E-state index contributed by atoms with van der Waals surface area (Å²) in [5.41, 5.74) is 0.300. The average Bonchev–Trinajstić information content (AvgIpc) is 2.78. The van der Waals surface area contributed by atoms with E-state index >= 15 is 0 Å². The molecule has 9 heteroatoms. The van der Waals surface area contributed by atoms with Crippen molar-refractivity contribution in [3.63, 3.8) is 0 Å². The van der Waals surface area contributed by atoms with Gasteiger partial charge in [-0.2, -0.15) is 0 Å². The Morgan fingerprint density at radius 1 is 1.10 bits per heavy atom. The number of ether oxygens (including phenoxy) is 1. The number of benzene rings is 1. The number of hydrogen-bond donors (Lipinski definition) is 0. The first-order valence-corrected chi connectivity index (χ1v) is 10.9. The summed E-state index contributed by atoms with van der Waals surface area (Å²) in [4.78, 5) is 37.0. The number of aromatic nitrogens is 4. The first-order valence-electron chi connectivity index (χ1n) is 9.88. The number of thioether (sulfide) groups is 1. The Morgan fingerprint density at radius 3 is 2.50 bits per heavy atom. The van der Waals surface area contributed by atoms with Gasteiger partial charge in [0.15, 0.2) is 11.5 Å². The molecule has 0 saturated carbocycles. The highest BCUT2D eigenvalue weighted by molar-refractivity contribution is 7.99. The molecule has 30 heavy (non-hydrogen) atoms. The van der Waals surface area contributed by atoms with Crippen molar-refractivity contribution in [3.05, 3.63) is 45.1 Å². The van der Waals surface area contributed by atoms with Gasteiger partial charge in [0.2, 0.25) is 0 Å². The van der Waals surface area contributed by atoms with E-state index in [2.05, 4.69) is 23.7 Å². The van der Waals surface area contributed by atoms with E-state index in [1.165, 1.54) is 23.4 Å². The fourth-order valence-electron chi connectivity index (χ4n) is 3.24. The van der Waals surface area contributed by atoms with Gasteiger partial charge < -0.3 is 9.64 Å². The minimum Gasteiger partial charge on any atom is -0.497 e. The zero-order chi connectivity index (χ0) is 21.8. The summed E-state index contributed by atoms with van der Waals surface area (Å²) < 4.78 is 7.81. The first-order chi connectivity index (χ1) is 14.4. The van der Waals surface area contributed by atoms with Crippen LogP contribution in [0.1, 0.15) is 13.8 Å². The van der Waals surface area contributed by atoms with Crippen LogP contribution in [0, 0.1) is 0 Å². The predicted molar refractivity (Wildman–Crippen MR) is 121 cm³/mol. The molecule has 0 spiro atoms. The topological polar surface area (TPSA) is 82.2 Å². The Balaban J connectivity index is 2.18. The van der Waals surface area contributed by atoms with Crippen LogP contribution >= 0.6 is 11.8 Å². The van der Waals surface area contributed by atoms with Crippen molar-refractivity contribution in [3.8, 4) is 17.1 Å². The molecule has 0 atom stereocenters. The Kier molecular flexibility index (Phi) is 6.94. The molecule has 0 unspecified atom stereocenters. The van der Waals surface area contributed by atoms with Crippen LogP contribution in [0.4, 0.5) is 0 Å². The van der Waals surface area contributed by atoms with E-state index in [0.717, 1.165) is 35.5 Å². The molecule has 3 rings (SSSR count). The van der Waals surface area contributed by atoms with E-state index in [1.54, 1.807) is 14.2 Å². The lowest BCUT2D eigenvalue weighted by Gasteiger charge is -2.17. The van der Waals surface area contributed by atoms with Gasteiger partial charge in [0.25, 0.3) is 5.56 Å². The number of aryl methyl sites for hydroxylation is 1. The van der Waals surface area contributed by atoms with Gasteiger partial charge in [-0.25, -0.2) is 14.8 Å². The standard InChI is InChI=1S/C21H27N5O3S/c1-6-26(7-2)11-12-30-19-16-18(24(3)21(28)25(4)20(16)27)22-17(23-19)14-9-8-10-15(13-14)29-5/h8-10,13H,6-7,11-12H2,1-5H3. The summed E-state index contributed by atoms with van der Waals surface area (Å²) >= 11 is 1.51. The van der Waals surface area contributed by atoms with Gasteiger partial charge in [-0.05, 0) is 25.2 Å². The number of rotatable bonds is 8. The maximum Gasteiger partial charge on any atom is 0.332 e. The average molecular weight is 430 g/mol. The van der Waals surface area contributed by atoms with E-state index in [1.807, 2.05) is 24.3 Å². The largest absolute Gasteiger partial charge is 0.497 e. The maximum absolute atomic E-state index is 12.9. The zero-order valence-electron chi connectivity index (χ0n) is 18.0. The maximum atomic E-state index is 12.9. The van der Waals surface area contributed by atoms with E-state index in [-0.39, 0.29) is 5.56 Å². The minimum absolute atomic E-state index is 0.334. The Morgan fingerprint density at radius 2 is 1.83 bits per heavy atom. The van der Waals surface area contributed by atoms with Gasteiger partial charge in [-0.3, -0.25) is 13.9 Å². The van der Waals surface area contributed by atoms with Crippen LogP contribution in [0.15, 0.2) is 38.9 Å². The SMILES string of the molecule is CCN(CC)CCSc1nc(-c2cccc(OC)c2)nc2c1c(=O)n(C)c(=O)n2C. The number of fused-ring (bicyclic) bond motifs is 1. The van der Waals surface area contributed by atoms with Crippen LogP contribution in [0.25, 0.3) is 22.4 Å². The van der Waals surface area contributed by atoms with Crippen LogP contribution in [0.3, 0.4) is 0 Å². The van der Waals surface area contributed by atoms with Crippen molar-refractivity contribution < 1.29 is 4.74 Å². The smallest absolute Gasteiger partial charge is 0.332 e. The van der Waals surface area contributed by atoms with Gasteiger partial charge in [0, 0.05) is 32.0 Å². The summed E-state index contributed by atoms with van der Waals surface area (Å²) in [6.07, 6.45) is 0. The van der Waals surface area contributed by atoms with E-state index in [4.69, 9.17) is 9.72 Å². The van der Waals surface area contributed by atoms with Crippen LogP contribution in [0.5, 0.6) is 5.75 Å². The van der Waals surface area contributed by atoms with Crippen LogP contribution in [-0.4, -0.2) is 56.5 Å². The lowest BCUT2D eigenvalue weighted by atomic mass is 10.2. The normalized spacial score (nSPS) is 11.4. The van der Waals surface area contributed by atoms with Crippen LogP contribution in [-0.2, 0) is 14.1 Å². The zero-order valence-corrected chi connectivity index (χ0v) is 18.8. The highest BCUT2D eigenvalue weighted by Crippen LogP contribution is 2.27. The van der Waals surface area contributed by atoms with Gasteiger partial charge in [0.1, 0.15) is 16.2 Å². The van der Waals surface area contributed by atoms with Crippen molar-refractivity contribution in [2.75, 3.05) is 32.5 Å². The van der Waals surface area contributed by atoms with Crippen LogP contribution in [0.2, 0.25) is 0 Å². The lowest BCUT2D eigenvalue weighted by molar-refractivity contribution is 0.324. The Labute approximate surface area is 179 Å². The van der Waals surface area contributed by atoms with Crippen molar-refractivity contribution in [2.24, 2.45) is 14.1 Å². The summed E-state index contributed by atoms with van der Waals surface area (Å²) in [7, 11) is 4.70. The monoisotopic (exact) mass is 429 g/mol. The molecule has 0 saturated heterocycles. The summed E-state index contributed by atoms with van der Waals surface area (Å²) in [5.74, 6) is 1.91. The summed E-state index contributed by atoms with van der Waals surface area (Å²) in [5, 5.41) is 0.956. The lowest BCUT2D eigenvalue weighted by Crippen LogP contribution is -2.37. The molecule has 3 aromatic rings. The third-order valence-electron chi connectivity index (χ3n) is 5.14. The second-order valence-corrected chi connectivity index (χ2v) is 7.95. The first kappa shape index (κ1) is 22.0. The molecule has 1 aromatic carbocycles. The highest BCUT2D eigenvalue weighted by atomic mass is 32.2. The van der Waals surface area contributed by atoms with Gasteiger partial charge in [-0.1, -0.05) is 26.0 Å². The molecule has 0 fully saturated rings. The van der Waals surface area contributed by atoms with Crippen molar-refractivity contribution in [2.45, 2.75) is 18.9 Å². The molecule has 0 amide bonds. The molecule has 0 bridgehead atoms. The Hall–Kier alpha value is -2.65. The van der Waals surface area contributed by atoms with Gasteiger partial charge in [0.05, 0.1) is 7.11 Å². The van der Waals surface area contributed by atoms with Gasteiger partial charge in [-0.15, -0.1) is 11.8 Å². The van der Waals surface area contributed by atoms with E-state index < -0.39 is 5.69 Å².